The third kappa shape index (κ3) is 5.42. The normalized spacial score (nSPS) is 16.1. The van der Waals surface area contributed by atoms with Crippen LogP contribution < -0.4 is 10.3 Å². The highest BCUT2D eigenvalue weighted by Crippen LogP contribution is 2.27. The smallest absolute Gasteiger partial charge is 0.274 e. The topological polar surface area (TPSA) is 47.4 Å². The molecule has 0 radical (unpaired) electrons. The summed E-state index contributed by atoms with van der Waals surface area (Å²) in [6.45, 7) is 5.69. The molecular formula is C29H30ClN3O2. The van der Waals surface area contributed by atoms with E-state index in [2.05, 4.69) is 11.8 Å². The largest absolute Gasteiger partial charge is 0.494 e. The number of aromatic nitrogens is 2. The molecule has 0 spiro atoms. The first-order valence-electron chi connectivity index (χ1n) is 12.3. The maximum absolute atomic E-state index is 13.2. The summed E-state index contributed by atoms with van der Waals surface area (Å²) in [5.74, 6) is 0.849. The Labute approximate surface area is 210 Å². The van der Waals surface area contributed by atoms with Crippen molar-refractivity contribution in [3.63, 3.8) is 0 Å². The number of halogens is 1. The lowest BCUT2D eigenvalue weighted by atomic mass is 10.0. The van der Waals surface area contributed by atoms with E-state index >= 15 is 0 Å². The summed E-state index contributed by atoms with van der Waals surface area (Å²) < 4.78 is 7.53. The van der Waals surface area contributed by atoms with Gasteiger partial charge in [-0.1, -0.05) is 41.9 Å². The molecule has 0 bridgehead atoms. The summed E-state index contributed by atoms with van der Waals surface area (Å²) in [5, 5.41) is 6.94. The van der Waals surface area contributed by atoms with Gasteiger partial charge in [-0.15, -0.1) is 0 Å². The van der Waals surface area contributed by atoms with Gasteiger partial charge in [0.25, 0.3) is 5.56 Å². The van der Waals surface area contributed by atoms with Gasteiger partial charge in [-0.25, -0.2) is 4.68 Å². The minimum absolute atomic E-state index is 0.105. The van der Waals surface area contributed by atoms with Crippen molar-refractivity contribution < 1.29 is 4.74 Å². The van der Waals surface area contributed by atoms with E-state index in [1.54, 1.807) is 0 Å². The lowest BCUT2D eigenvalue weighted by molar-refractivity contribution is 0.230. The van der Waals surface area contributed by atoms with Gasteiger partial charge in [-0.05, 0) is 80.8 Å². The maximum atomic E-state index is 13.2. The van der Waals surface area contributed by atoms with E-state index in [4.69, 9.17) is 21.4 Å². The molecule has 2 heterocycles. The molecule has 0 unspecified atom stereocenters. The Balaban J connectivity index is 1.35. The summed E-state index contributed by atoms with van der Waals surface area (Å²) in [7, 11) is 0. The number of rotatable bonds is 8. The van der Waals surface area contributed by atoms with E-state index in [9.17, 15) is 4.79 Å². The average molecular weight is 488 g/mol. The van der Waals surface area contributed by atoms with E-state index in [0.29, 0.717) is 29.6 Å². The third-order valence-corrected chi connectivity index (χ3v) is 7.04. The van der Waals surface area contributed by atoms with Gasteiger partial charge in [0.1, 0.15) is 5.75 Å². The highest BCUT2D eigenvalue weighted by molar-refractivity contribution is 6.30. The fraction of sp³-hybridized carbons (Fsp3) is 0.310. The van der Waals surface area contributed by atoms with Crippen molar-refractivity contribution in [2.24, 2.45) is 0 Å². The van der Waals surface area contributed by atoms with Crippen LogP contribution >= 0.6 is 11.6 Å². The number of fused-ring (bicyclic) bond motifs is 1. The SMILES string of the molecule is C[C@@H]1CCCN1CCCOc1ccc(-c2nn(Cc3ccc(Cl)cc3)c(=O)c3ccccc23)cc1. The Morgan fingerprint density at radius 2 is 1.74 bits per heavy atom. The van der Waals surface area contributed by atoms with Crippen LogP contribution in [-0.2, 0) is 6.54 Å². The quantitative estimate of drug-likeness (QED) is 0.285. The second-order valence-corrected chi connectivity index (χ2v) is 9.67. The van der Waals surface area contributed by atoms with Gasteiger partial charge in [-0.3, -0.25) is 4.79 Å². The molecule has 0 amide bonds. The van der Waals surface area contributed by atoms with E-state index in [-0.39, 0.29) is 5.56 Å². The summed E-state index contributed by atoms with van der Waals surface area (Å²) in [5.41, 5.74) is 2.59. The van der Waals surface area contributed by atoms with Gasteiger partial charge in [0.05, 0.1) is 24.2 Å². The van der Waals surface area contributed by atoms with Gasteiger partial charge in [0.15, 0.2) is 0 Å². The predicted octanol–water partition coefficient (Wildman–Crippen LogP) is 6.02. The van der Waals surface area contributed by atoms with Crippen LogP contribution in [0.5, 0.6) is 5.75 Å². The molecule has 0 saturated carbocycles. The zero-order valence-corrected chi connectivity index (χ0v) is 20.7. The lowest BCUT2D eigenvalue weighted by Gasteiger charge is -2.20. The average Bonchev–Trinajstić information content (AvgIpc) is 3.30. The first-order chi connectivity index (χ1) is 17.1. The zero-order chi connectivity index (χ0) is 24.2. The second-order valence-electron chi connectivity index (χ2n) is 9.24. The molecule has 3 aromatic carbocycles. The minimum Gasteiger partial charge on any atom is -0.494 e. The Morgan fingerprint density at radius 1 is 1.00 bits per heavy atom. The van der Waals surface area contributed by atoms with Crippen molar-refractivity contribution in [2.75, 3.05) is 19.7 Å². The first-order valence-corrected chi connectivity index (χ1v) is 12.7. The predicted molar refractivity (Wildman–Crippen MR) is 142 cm³/mol. The van der Waals surface area contributed by atoms with E-state index in [0.717, 1.165) is 40.9 Å². The Hall–Kier alpha value is -3.15. The summed E-state index contributed by atoms with van der Waals surface area (Å²) >= 11 is 6.02. The Bertz CT molecular complexity index is 1350. The minimum atomic E-state index is -0.105. The molecule has 1 aromatic heterocycles. The molecule has 4 aromatic rings. The molecule has 1 aliphatic heterocycles. The molecule has 5 nitrogen and oxygen atoms in total. The summed E-state index contributed by atoms with van der Waals surface area (Å²) in [6.07, 6.45) is 3.63. The van der Waals surface area contributed by atoms with Gasteiger partial charge >= 0.3 is 0 Å². The standard InChI is InChI=1S/C29H30ClN3O2/c1-21-6-4-17-32(21)18-5-19-35-25-15-11-23(12-16-25)28-26-7-2-3-8-27(26)29(34)33(31-28)20-22-9-13-24(30)14-10-22/h2-3,7-16,21H,4-6,17-20H2,1H3/t21-/m1/s1. The molecule has 35 heavy (non-hydrogen) atoms. The van der Waals surface area contributed by atoms with Gasteiger partial charge in [0, 0.05) is 28.6 Å². The summed E-state index contributed by atoms with van der Waals surface area (Å²) in [6, 6.07) is 23.8. The lowest BCUT2D eigenvalue weighted by Crippen LogP contribution is -2.28. The van der Waals surface area contributed by atoms with Crippen LogP contribution in [0.25, 0.3) is 22.0 Å². The van der Waals surface area contributed by atoms with E-state index < -0.39 is 0 Å². The fourth-order valence-electron chi connectivity index (χ4n) is 4.81. The molecule has 180 valence electrons. The molecule has 5 rings (SSSR count). The van der Waals surface area contributed by atoms with Crippen molar-refractivity contribution in [3.05, 3.63) is 93.7 Å². The van der Waals surface area contributed by atoms with Crippen molar-refractivity contribution in [1.29, 1.82) is 0 Å². The number of benzene rings is 3. The van der Waals surface area contributed by atoms with Gasteiger partial charge in [-0.2, -0.15) is 5.10 Å². The van der Waals surface area contributed by atoms with Crippen LogP contribution in [0.3, 0.4) is 0 Å². The molecular weight excluding hydrogens is 458 g/mol. The number of hydrogen-bond acceptors (Lipinski definition) is 4. The number of ether oxygens (including phenoxy) is 1. The van der Waals surface area contributed by atoms with Crippen LogP contribution in [0.1, 0.15) is 31.7 Å². The molecule has 0 N–H and O–H groups in total. The van der Waals surface area contributed by atoms with Crippen LogP contribution in [-0.4, -0.2) is 40.4 Å². The van der Waals surface area contributed by atoms with Crippen LogP contribution in [0, 0.1) is 0 Å². The van der Waals surface area contributed by atoms with E-state index in [1.807, 2.05) is 72.8 Å². The Morgan fingerprint density at radius 3 is 2.46 bits per heavy atom. The van der Waals surface area contributed by atoms with Crippen molar-refractivity contribution in [2.45, 2.75) is 38.8 Å². The molecule has 6 heteroatoms. The Kier molecular flexibility index (Phi) is 7.16. The van der Waals surface area contributed by atoms with Crippen molar-refractivity contribution in [3.8, 4) is 17.0 Å². The van der Waals surface area contributed by atoms with Crippen LogP contribution in [0.4, 0.5) is 0 Å². The molecule has 1 fully saturated rings. The number of nitrogens with zero attached hydrogens (tertiary/aromatic N) is 3. The number of likely N-dealkylation sites (tertiary alicyclic amines) is 1. The van der Waals surface area contributed by atoms with Gasteiger partial charge < -0.3 is 9.64 Å². The number of hydrogen-bond donors (Lipinski definition) is 0. The van der Waals surface area contributed by atoms with E-state index in [1.165, 1.54) is 24.1 Å². The second kappa shape index (κ2) is 10.6. The first kappa shape index (κ1) is 23.6. The summed E-state index contributed by atoms with van der Waals surface area (Å²) in [4.78, 5) is 15.7. The van der Waals surface area contributed by atoms with Crippen molar-refractivity contribution >= 4 is 22.4 Å². The monoisotopic (exact) mass is 487 g/mol. The maximum Gasteiger partial charge on any atom is 0.274 e. The molecule has 1 saturated heterocycles. The van der Waals surface area contributed by atoms with Crippen molar-refractivity contribution in [1.82, 2.24) is 14.7 Å². The zero-order valence-electron chi connectivity index (χ0n) is 20.0. The highest BCUT2D eigenvalue weighted by Gasteiger charge is 2.19. The fourth-order valence-corrected chi connectivity index (χ4v) is 4.94. The third-order valence-electron chi connectivity index (χ3n) is 6.79. The molecule has 1 aliphatic rings. The molecule has 0 aliphatic carbocycles. The molecule has 1 atom stereocenters. The van der Waals surface area contributed by atoms with Crippen LogP contribution in [0.15, 0.2) is 77.6 Å². The van der Waals surface area contributed by atoms with Crippen LogP contribution in [0.2, 0.25) is 5.02 Å². The highest BCUT2D eigenvalue weighted by atomic mass is 35.5. The van der Waals surface area contributed by atoms with Gasteiger partial charge in [0.2, 0.25) is 0 Å².